The van der Waals surface area contributed by atoms with Crippen LogP contribution in [0.25, 0.3) is 0 Å². The van der Waals surface area contributed by atoms with E-state index in [-0.39, 0.29) is 11.5 Å². The summed E-state index contributed by atoms with van der Waals surface area (Å²) in [4.78, 5) is 3.87. The van der Waals surface area contributed by atoms with Crippen molar-refractivity contribution >= 4 is 9.84 Å². The van der Waals surface area contributed by atoms with Crippen molar-refractivity contribution in [2.24, 2.45) is 5.73 Å². The molecule has 1 aliphatic heterocycles. The average molecular weight is 228 g/mol. The van der Waals surface area contributed by atoms with Crippen LogP contribution in [0.15, 0.2) is 24.5 Å². The zero-order valence-corrected chi connectivity index (χ0v) is 8.85. The van der Waals surface area contributed by atoms with Crippen molar-refractivity contribution in [3.63, 3.8) is 0 Å². The van der Waals surface area contributed by atoms with Crippen LogP contribution in [0.5, 0.6) is 5.75 Å². The van der Waals surface area contributed by atoms with Gasteiger partial charge < -0.3 is 10.5 Å². The predicted molar refractivity (Wildman–Crippen MR) is 55.3 cm³/mol. The van der Waals surface area contributed by atoms with Gasteiger partial charge in [-0.3, -0.25) is 4.98 Å². The van der Waals surface area contributed by atoms with Crippen LogP contribution in [0.2, 0.25) is 0 Å². The first-order chi connectivity index (χ1) is 7.07. The van der Waals surface area contributed by atoms with Crippen LogP contribution in [0.1, 0.15) is 0 Å². The Labute approximate surface area is 88.2 Å². The first-order valence-electron chi connectivity index (χ1n) is 4.59. The van der Waals surface area contributed by atoms with Gasteiger partial charge >= 0.3 is 0 Å². The van der Waals surface area contributed by atoms with Gasteiger partial charge in [0.1, 0.15) is 11.9 Å². The van der Waals surface area contributed by atoms with Crippen molar-refractivity contribution in [2.75, 3.05) is 11.5 Å². The lowest BCUT2D eigenvalue weighted by Crippen LogP contribution is -2.37. The van der Waals surface area contributed by atoms with E-state index in [0.29, 0.717) is 5.75 Å². The van der Waals surface area contributed by atoms with E-state index in [1.165, 1.54) is 6.20 Å². The Morgan fingerprint density at radius 1 is 1.47 bits per heavy atom. The van der Waals surface area contributed by atoms with Gasteiger partial charge in [-0.2, -0.15) is 0 Å². The molecule has 0 radical (unpaired) electrons. The molecule has 15 heavy (non-hydrogen) atoms. The van der Waals surface area contributed by atoms with E-state index in [1.54, 1.807) is 18.3 Å². The summed E-state index contributed by atoms with van der Waals surface area (Å²) >= 11 is 0. The molecular weight excluding hydrogens is 216 g/mol. The van der Waals surface area contributed by atoms with Gasteiger partial charge in [-0.15, -0.1) is 0 Å². The minimum absolute atomic E-state index is 0.00205. The summed E-state index contributed by atoms with van der Waals surface area (Å²) in [7, 11) is -3.04. The van der Waals surface area contributed by atoms with Gasteiger partial charge in [0.2, 0.25) is 0 Å². The molecule has 0 amide bonds. The molecule has 2 unspecified atom stereocenters. The van der Waals surface area contributed by atoms with Crippen LogP contribution in [0.4, 0.5) is 0 Å². The number of hydrogen-bond acceptors (Lipinski definition) is 5. The zero-order valence-electron chi connectivity index (χ0n) is 8.04. The monoisotopic (exact) mass is 228 g/mol. The van der Waals surface area contributed by atoms with Crippen LogP contribution < -0.4 is 10.5 Å². The maximum atomic E-state index is 11.3. The molecule has 0 spiro atoms. The van der Waals surface area contributed by atoms with Crippen LogP contribution in [-0.4, -0.2) is 37.1 Å². The minimum atomic E-state index is -3.04. The Morgan fingerprint density at radius 2 is 2.27 bits per heavy atom. The van der Waals surface area contributed by atoms with Gasteiger partial charge in [-0.25, -0.2) is 8.42 Å². The highest BCUT2D eigenvalue weighted by atomic mass is 32.2. The van der Waals surface area contributed by atoms with Gasteiger partial charge in [0, 0.05) is 6.20 Å². The molecular formula is C9H12N2O3S. The Hall–Kier alpha value is -1.14. The van der Waals surface area contributed by atoms with Gasteiger partial charge in [0.25, 0.3) is 0 Å². The lowest BCUT2D eigenvalue weighted by atomic mass is 10.2. The molecule has 0 aromatic carbocycles. The first kappa shape index (κ1) is 10.4. The van der Waals surface area contributed by atoms with Gasteiger partial charge in [-0.1, -0.05) is 0 Å². The summed E-state index contributed by atoms with van der Waals surface area (Å²) in [5.74, 6) is 0.538. The number of hydrogen-bond donors (Lipinski definition) is 1. The topological polar surface area (TPSA) is 82.3 Å². The number of pyridine rings is 1. The summed E-state index contributed by atoms with van der Waals surface area (Å²) in [6, 6.07) is 3.00. The fourth-order valence-electron chi connectivity index (χ4n) is 1.56. The Balaban J connectivity index is 2.08. The summed E-state index contributed by atoms with van der Waals surface area (Å²) in [6.45, 7) is 0. The van der Waals surface area contributed by atoms with Crippen LogP contribution in [0.3, 0.4) is 0 Å². The van der Waals surface area contributed by atoms with Crippen LogP contribution in [-0.2, 0) is 9.84 Å². The maximum absolute atomic E-state index is 11.3. The SMILES string of the molecule is NC1CS(=O)(=O)CC1Oc1cccnc1. The number of nitrogens with zero attached hydrogens (tertiary/aromatic N) is 1. The Bertz CT molecular complexity index is 432. The van der Waals surface area contributed by atoms with Gasteiger partial charge in [-0.05, 0) is 12.1 Å². The van der Waals surface area contributed by atoms with E-state index >= 15 is 0 Å². The summed E-state index contributed by atoms with van der Waals surface area (Å²) in [5.41, 5.74) is 5.68. The number of rotatable bonds is 2. The highest BCUT2D eigenvalue weighted by molar-refractivity contribution is 7.91. The Kier molecular flexibility index (Phi) is 2.62. The number of sulfone groups is 1. The zero-order chi connectivity index (χ0) is 10.9. The van der Waals surface area contributed by atoms with E-state index in [1.807, 2.05) is 0 Å². The molecule has 0 aliphatic carbocycles. The van der Waals surface area contributed by atoms with Gasteiger partial charge in [0.05, 0.1) is 23.7 Å². The number of aromatic nitrogens is 1. The molecule has 82 valence electrons. The largest absolute Gasteiger partial charge is 0.486 e. The molecule has 1 aliphatic rings. The third-order valence-electron chi connectivity index (χ3n) is 2.26. The molecule has 2 N–H and O–H groups in total. The molecule has 2 rings (SSSR count). The first-order valence-corrected chi connectivity index (χ1v) is 6.42. The third kappa shape index (κ3) is 2.45. The molecule has 1 aromatic heterocycles. The van der Waals surface area contributed by atoms with Crippen molar-refractivity contribution in [2.45, 2.75) is 12.1 Å². The molecule has 0 saturated carbocycles. The smallest absolute Gasteiger partial charge is 0.155 e. The highest BCUT2D eigenvalue weighted by Gasteiger charge is 2.36. The molecule has 5 nitrogen and oxygen atoms in total. The fraction of sp³-hybridized carbons (Fsp3) is 0.444. The molecule has 1 saturated heterocycles. The number of nitrogens with two attached hydrogens (primary N) is 1. The van der Waals surface area contributed by atoms with E-state index < -0.39 is 22.0 Å². The van der Waals surface area contributed by atoms with E-state index in [0.717, 1.165) is 0 Å². The molecule has 1 fully saturated rings. The second-order valence-electron chi connectivity index (χ2n) is 3.59. The van der Waals surface area contributed by atoms with E-state index in [9.17, 15) is 8.42 Å². The van der Waals surface area contributed by atoms with E-state index in [4.69, 9.17) is 10.5 Å². The van der Waals surface area contributed by atoms with Gasteiger partial charge in [0.15, 0.2) is 9.84 Å². The van der Waals surface area contributed by atoms with Crippen molar-refractivity contribution in [1.29, 1.82) is 0 Å². The molecule has 0 bridgehead atoms. The minimum Gasteiger partial charge on any atom is -0.486 e. The second-order valence-corrected chi connectivity index (χ2v) is 5.74. The lowest BCUT2D eigenvalue weighted by molar-refractivity contribution is 0.208. The van der Waals surface area contributed by atoms with Crippen molar-refractivity contribution in [3.8, 4) is 5.75 Å². The van der Waals surface area contributed by atoms with Crippen molar-refractivity contribution in [3.05, 3.63) is 24.5 Å². The molecule has 2 atom stereocenters. The standard InChI is InChI=1S/C9H12N2O3S/c10-8-5-15(12,13)6-9(8)14-7-2-1-3-11-4-7/h1-4,8-9H,5-6,10H2. The second kappa shape index (κ2) is 3.79. The Morgan fingerprint density at radius 3 is 2.80 bits per heavy atom. The third-order valence-corrected chi connectivity index (χ3v) is 3.99. The van der Waals surface area contributed by atoms with E-state index in [2.05, 4.69) is 4.98 Å². The van der Waals surface area contributed by atoms with Crippen LogP contribution in [0, 0.1) is 0 Å². The summed E-state index contributed by atoms with van der Waals surface area (Å²) in [6.07, 6.45) is 2.70. The van der Waals surface area contributed by atoms with Crippen molar-refractivity contribution in [1.82, 2.24) is 4.98 Å². The predicted octanol–water partition coefficient (Wildman–Crippen LogP) is -0.415. The highest BCUT2D eigenvalue weighted by Crippen LogP contribution is 2.17. The van der Waals surface area contributed by atoms with Crippen molar-refractivity contribution < 1.29 is 13.2 Å². The molecule has 6 heteroatoms. The molecule has 2 heterocycles. The molecule has 1 aromatic rings. The quantitative estimate of drug-likeness (QED) is 0.743. The maximum Gasteiger partial charge on any atom is 0.155 e. The fourth-order valence-corrected chi connectivity index (χ4v) is 3.31. The lowest BCUT2D eigenvalue weighted by Gasteiger charge is -2.15. The van der Waals surface area contributed by atoms with Crippen LogP contribution >= 0.6 is 0 Å². The summed E-state index contributed by atoms with van der Waals surface area (Å²) < 4.78 is 28.0. The summed E-state index contributed by atoms with van der Waals surface area (Å²) in [5, 5.41) is 0. The normalized spacial score (nSPS) is 28.9. The average Bonchev–Trinajstić information content (AvgIpc) is 2.41. The number of ether oxygens (including phenoxy) is 1.